The first-order valence-electron chi connectivity index (χ1n) is 9.62. The summed E-state index contributed by atoms with van der Waals surface area (Å²) in [6.45, 7) is 2.58. The minimum absolute atomic E-state index is 0. The molecule has 7 nitrogen and oxygen atoms in total. The molecule has 1 aromatic rings. The summed E-state index contributed by atoms with van der Waals surface area (Å²) >= 11 is 0. The van der Waals surface area contributed by atoms with Crippen LogP contribution in [0.2, 0.25) is 0 Å². The molecular formula is C20H30ClN3O4. The topological polar surface area (TPSA) is 79.9 Å². The molecule has 0 atom stereocenters. The molecular weight excluding hydrogens is 382 g/mol. The number of piperidine rings is 1. The molecule has 0 bridgehead atoms. The van der Waals surface area contributed by atoms with Gasteiger partial charge in [0.05, 0.1) is 20.8 Å². The van der Waals surface area contributed by atoms with Crippen molar-refractivity contribution >= 4 is 24.2 Å². The zero-order valence-electron chi connectivity index (χ0n) is 16.5. The number of benzene rings is 1. The summed E-state index contributed by atoms with van der Waals surface area (Å²) in [5.74, 6) is 1.94. The smallest absolute Gasteiger partial charge is 0.253 e. The van der Waals surface area contributed by atoms with Crippen molar-refractivity contribution < 1.29 is 19.1 Å². The van der Waals surface area contributed by atoms with Crippen molar-refractivity contribution in [2.24, 2.45) is 5.92 Å². The van der Waals surface area contributed by atoms with E-state index in [0.29, 0.717) is 36.7 Å². The number of halogens is 1. The number of nitrogens with one attached hydrogen (secondary N) is 2. The number of ether oxygens (including phenoxy) is 2. The van der Waals surface area contributed by atoms with Gasteiger partial charge in [0.2, 0.25) is 5.91 Å². The van der Waals surface area contributed by atoms with Gasteiger partial charge in [-0.1, -0.05) is 0 Å². The number of carbonyl (C=O) groups excluding carboxylic acids is 2. The van der Waals surface area contributed by atoms with Crippen LogP contribution in [0.4, 0.5) is 0 Å². The minimum Gasteiger partial charge on any atom is -0.493 e. The molecule has 8 heteroatoms. The van der Waals surface area contributed by atoms with Gasteiger partial charge in [0, 0.05) is 24.7 Å². The first-order chi connectivity index (χ1) is 13.1. The average molecular weight is 412 g/mol. The highest BCUT2D eigenvalue weighted by atomic mass is 35.5. The fourth-order valence-corrected chi connectivity index (χ4v) is 3.37. The molecule has 0 radical (unpaired) electrons. The Morgan fingerprint density at radius 2 is 1.75 bits per heavy atom. The standard InChI is InChI=1S/C20H29N3O4.ClH/c1-26-17-6-5-15(11-18(17)27-2)20(25)23-9-7-16(8-10-23)22-19(24)13-21-12-14-3-4-14;/h5-6,11,14,16,21H,3-4,7-10,12-13H2,1-2H3,(H,22,24);1H. The van der Waals surface area contributed by atoms with Crippen molar-refractivity contribution in [2.45, 2.75) is 31.7 Å². The van der Waals surface area contributed by atoms with Crippen molar-refractivity contribution in [1.29, 1.82) is 0 Å². The minimum atomic E-state index is -0.0215. The van der Waals surface area contributed by atoms with Crippen molar-refractivity contribution in [2.75, 3.05) is 40.4 Å². The highest BCUT2D eigenvalue weighted by molar-refractivity contribution is 5.95. The van der Waals surface area contributed by atoms with Crippen LogP contribution in [0, 0.1) is 5.92 Å². The predicted molar refractivity (Wildman–Crippen MR) is 109 cm³/mol. The van der Waals surface area contributed by atoms with Gasteiger partial charge in [-0.25, -0.2) is 0 Å². The van der Waals surface area contributed by atoms with E-state index in [9.17, 15) is 9.59 Å². The van der Waals surface area contributed by atoms with E-state index < -0.39 is 0 Å². The second-order valence-electron chi connectivity index (χ2n) is 7.28. The first-order valence-corrected chi connectivity index (χ1v) is 9.62. The maximum Gasteiger partial charge on any atom is 0.253 e. The highest BCUT2D eigenvalue weighted by Gasteiger charge is 2.25. The maximum atomic E-state index is 12.7. The number of amides is 2. The van der Waals surface area contributed by atoms with E-state index in [1.807, 2.05) is 4.90 Å². The number of methoxy groups -OCH3 is 2. The third-order valence-corrected chi connectivity index (χ3v) is 5.19. The number of nitrogens with zero attached hydrogens (tertiary/aromatic N) is 1. The Bertz CT molecular complexity index is 673. The summed E-state index contributed by atoms with van der Waals surface area (Å²) < 4.78 is 10.5. The average Bonchev–Trinajstić information content (AvgIpc) is 3.52. The lowest BCUT2D eigenvalue weighted by atomic mass is 10.0. The van der Waals surface area contributed by atoms with E-state index >= 15 is 0 Å². The molecule has 1 saturated carbocycles. The highest BCUT2D eigenvalue weighted by Crippen LogP contribution is 2.28. The Morgan fingerprint density at radius 1 is 1.07 bits per heavy atom. The molecule has 1 aliphatic heterocycles. The van der Waals surface area contributed by atoms with Gasteiger partial charge in [0.15, 0.2) is 11.5 Å². The van der Waals surface area contributed by atoms with Crippen LogP contribution in [0.5, 0.6) is 11.5 Å². The fourth-order valence-electron chi connectivity index (χ4n) is 3.37. The molecule has 2 N–H and O–H groups in total. The maximum absolute atomic E-state index is 12.7. The Labute approximate surface area is 172 Å². The van der Waals surface area contributed by atoms with Crippen LogP contribution in [0.3, 0.4) is 0 Å². The van der Waals surface area contributed by atoms with Gasteiger partial charge in [-0.05, 0) is 56.3 Å². The zero-order valence-corrected chi connectivity index (χ0v) is 17.3. The summed E-state index contributed by atoms with van der Waals surface area (Å²) in [6.07, 6.45) is 4.10. The van der Waals surface area contributed by atoms with E-state index in [2.05, 4.69) is 10.6 Å². The second-order valence-corrected chi connectivity index (χ2v) is 7.28. The SMILES string of the molecule is COc1ccc(C(=O)N2CCC(NC(=O)CNCC3CC3)CC2)cc1OC.Cl. The number of likely N-dealkylation sites (tertiary alicyclic amines) is 1. The molecule has 28 heavy (non-hydrogen) atoms. The lowest BCUT2D eigenvalue weighted by molar-refractivity contribution is -0.121. The molecule has 2 amide bonds. The van der Waals surface area contributed by atoms with E-state index in [1.54, 1.807) is 32.4 Å². The Hall–Kier alpha value is -1.99. The van der Waals surface area contributed by atoms with E-state index in [0.717, 1.165) is 25.3 Å². The predicted octanol–water partition coefficient (Wildman–Crippen LogP) is 1.85. The summed E-state index contributed by atoms with van der Waals surface area (Å²) in [6, 6.07) is 5.34. The molecule has 0 unspecified atom stereocenters. The Kier molecular flexibility index (Phi) is 8.38. The largest absolute Gasteiger partial charge is 0.493 e. The van der Waals surface area contributed by atoms with E-state index in [-0.39, 0.29) is 30.3 Å². The van der Waals surface area contributed by atoms with Gasteiger partial charge in [-0.3, -0.25) is 9.59 Å². The van der Waals surface area contributed by atoms with Crippen LogP contribution < -0.4 is 20.1 Å². The third-order valence-electron chi connectivity index (χ3n) is 5.19. The molecule has 3 rings (SSSR count). The molecule has 1 heterocycles. The fraction of sp³-hybridized carbons (Fsp3) is 0.600. The van der Waals surface area contributed by atoms with Crippen LogP contribution in [-0.2, 0) is 4.79 Å². The van der Waals surface area contributed by atoms with Gasteiger partial charge in [-0.2, -0.15) is 0 Å². The Morgan fingerprint density at radius 3 is 2.36 bits per heavy atom. The van der Waals surface area contributed by atoms with Crippen LogP contribution in [0.15, 0.2) is 18.2 Å². The van der Waals surface area contributed by atoms with Crippen LogP contribution in [-0.4, -0.2) is 63.2 Å². The number of carbonyl (C=O) groups is 2. The number of hydrogen-bond acceptors (Lipinski definition) is 5. The summed E-state index contributed by atoms with van der Waals surface area (Å²) in [7, 11) is 3.12. The van der Waals surface area contributed by atoms with Gasteiger partial charge in [0.25, 0.3) is 5.91 Å². The van der Waals surface area contributed by atoms with Crippen molar-refractivity contribution in [3.63, 3.8) is 0 Å². The van der Waals surface area contributed by atoms with Crippen molar-refractivity contribution in [1.82, 2.24) is 15.5 Å². The van der Waals surface area contributed by atoms with Crippen LogP contribution in [0.25, 0.3) is 0 Å². The second kappa shape index (κ2) is 10.5. The lowest BCUT2D eigenvalue weighted by Gasteiger charge is -2.32. The molecule has 1 aromatic carbocycles. The molecule has 156 valence electrons. The summed E-state index contributed by atoms with van der Waals surface area (Å²) in [5, 5.41) is 6.28. The van der Waals surface area contributed by atoms with E-state index in [1.165, 1.54) is 12.8 Å². The molecule has 2 fully saturated rings. The molecule has 1 aliphatic carbocycles. The molecule has 1 saturated heterocycles. The normalized spacial score (nSPS) is 16.9. The number of hydrogen-bond donors (Lipinski definition) is 2. The Balaban J connectivity index is 0.00000280. The summed E-state index contributed by atoms with van der Waals surface area (Å²) in [5.41, 5.74) is 0.583. The van der Waals surface area contributed by atoms with Gasteiger partial charge in [0.1, 0.15) is 0 Å². The number of rotatable bonds is 8. The monoisotopic (exact) mass is 411 g/mol. The van der Waals surface area contributed by atoms with Gasteiger partial charge in [-0.15, -0.1) is 12.4 Å². The van der Waals surface area contributed by atoms with Crippen molar-refractivity contribution in [3.05, 3.63) is 23.8 Å². The van der Waals surface area contributed by atoms with Gasteiger partial charge < -0.3 is 25.0 Å². The van der Waals surface area contributed by atoms with Crippen LogP contribution in [0.1, 0.15) is 36.0 Å². The molecule has 0 aromatic heterocycles. The zero-order chi connectivity index (χ0) is 19.2. The van der Waals surface area contributed by atoms with Crippen LogP contribution >= 0.6 is 12.4 Å². The van der Waals surface area contributed by atoms with E-state index in [4.69, 9.17) is 9.47 Å². The quantitative estimate of drug-likeness (QED) is 0.682. The summed E-state index contributed by atoms with van der Waals surface area (Å²) in [4.78, 5) is 26.6. The molecule has 0 spiro atoms. The first kappa shape index (κ1) is 22.3. The van der Waals surface area contributed by atoms with Crippen molar-refractivity contribution in [3.8, 4) is 11.5 Å². The lowest BCUT2D eigenvalue weighted by Crippen LogP contribution is -2.48. The van der Waals surface area contributed by atoms with Gasteiger partial charge >= 0.3 is 0 Å². The molecule has 2 aliphatic rings. The third kappa shape index (κ3) is 6.01.